The van der Waals surface area contributed by atoms with Gasteiger partial charge in [0.15, 0.2) is 6.61 Å². The van der Waals surface area contributed by atoms with Gasteiger partial charge in [-0.05, 0) is 36.0 Å². The number of amides is 1. The van der Waals surface area contributed by atoms with Crippen LogP contribution in [-0.2, 0) is 14.3 Å². The molecule has 1 aromatic rings. The minimum absolute atomic E-state index is 0.0905. The molecule has 1 amide bonds. The number of fused-ring (bicyclic) bond motifs is 2. The molecule has 156 valence electrons. The van der Waals surface area contributed by atoms with E-state index in [0.29, 0.717) is 6.42 Å². The van der Waals surface area contributed by atoms with Crippen molar-refractivity contribution in [3.8, 4) is 0 Å². The number of hydrogen-bond acceptors (Lipinski definition) is 5. The number of carboxylic acid groups (broad SMARTS) is 1. The summed E-state index contributed by atoms with van der Waals surface area (Å²) >= 11 is 0. The number of esters is 1. The summed E-state index contributed by atoms with van der Waals surface area (Å²) in [5, 5.41) is 13.3. The van der Waals surface area contributed by atoms with Gasteiger partial charge in [-0.3, -0.25) is 9.59 Å². The SMILES string of the molecule is O=C([O-])c1ccc(NC(=O)[C@H]2[C@@H](C(=O)OCC(F)(F)C(F)F)[C@H]3C=C[C@@H]2C3)cc1. The number of nitrogens with one attached hydrogen (secondary N) is 1. The molecule has 1 N–H and O–H groups in total. The predicted molar refractivity (Wildman–Crippen MR) is 89.0 cm³/mol. The zero-order valence-electron chi connectivity index (χ0n) is 14.8. The summed E-state index contributed by atoms with van der Waals surface area (Å²) in [7, 11) is 0. The quantitative estimate of drug-likeness (QED) is 0.418. The first kappa shape index (κ1) is 20.8. The summed E-state index contributed by atoms with van der Waals surface area (Å²) in [4.78, 5) is 35.8. The number of aromatic carboxylic acids is 1. The molecule has 6 nitrogen and oxygen atoms in total. The first-order valence-electron chi connectivity index (χ1n) is 8.73. The zero-order chi connectivity index (χ0) is 21.3. The van der Waals surface area contributed by atoms with Gasteiger partial charge in [-0.15, -0.1) is 0 Å². The van der Waals surface area contributed by atoms with Gasteiger partial charge in [0.05, 0.1) is 17.8 Å². The molecule has 2 bridgehead atoms. The van der Waals surface area contributed by atoms with E-state index in [-0.39, 0.29) is 17.2 Å². The van der Waals surface area contributed by atoms with Gasteiger partial charge in [-0.2, -0.15) is 8.78 Å². The average molecular weight is 414 g/mol. The van der Waals surface area contributed by atoms with E-state index in [0.717, 1.165) is 0 Å². The van der Waals surface area contributed by atoms with Crippen molar-refractivity contribution in [3.63, 3.8) is 0 Å². The molecular formula is C19H16F4NO5-. The van der Waals surface area contributed by atoms with Crippen LogP contribution >= 0.6 is 0 Å². The average Bonchev–Trinajstić information content (AvgIpc) is 3.28. The van der Waals surface area contributed by atoms with Crippen LogP contribution in [0.5, 0.6) is 0 Å². The van der Waals surface area contributed by atoms with Crippen LogP contribution in [0.3, 0.4) is 0 Å². The maximum atomic E-state index is 13.0. The Bertz CT molecular complexity index is 840. The van der Waals surface area contributed by atoms with Crippen LogP contribution < -0.4 is 10.4 Å². The molecule has 3 rings (SSSR count). The van der Waals surface area contributed by atoms with Crippen molar-refractivity contribution in [1.82, 2.24) is 0 Å². The normalized spacial score (nSPS) is 25.3. The number of halogens is 4. The van der Waals surface area contributed by atoms with Crippen LogP contribution in [0, 0.1) is 23.7 Å². The lowest BCUT2D eigenvalue weighted by molar-refractivity contribution is -0.255. The Labute approximate surface area is 162 Å². The summed E-state index contributed by atoms with van der Waals surface area (Å²) in [6, 6.07) is 5.12. The van der Waals surface area contributed by atoms with Crippen LogP contribution in [-0.4, -0.2) is 36.8 Å². The molecule has 29 heavy (non-hydrogen) atoms. The molecule has 0 aromatic heterocycles. The molecule has 0 radical (unpaired) electrons. The van der Waals surface area contributed by atoms with Crippen molar-refractivity contribution in [2.24, 2.45) is 23.7 Å². The third-order valence-corrected chi connectivity index (χ3v) is 5.15. The number of carbonyl (C=O) groups excluding carboxylic acids is 3. The number of rotatable bonds is 7. The van der Waals surface area contributed by atoms with Crippen molar-refractivity contribution in [2.75, 3.05) is 11.9 Å². The number of hydrogen-bond donors (Lipinski definition) is 1. The number of carbonyl (C=O) groups is 3. The molecule has 4 atom stereocenters. The predicted octanol–water partition coefficient (Wildman–Crippen LogP) is 1.87. The standard InChI is InChI=1S/C19H17F4NO5/c20-18(21)19(22,23)8-29-17(28)14-11-2-1-10(7-11)13(14)15(25)24-12-5-3-9(4-6-12)16(26)27/h1-6,10-11,13-14,18H,7-8H2,(H,24,25)(H,26,27)/p-1/t10-,11+,13-,14+/m1/s1. The number of alkyl halides is 4. The van der Waals surface area contributed by atoms with E-state index >= 15 is 0 Å². The van der Waals surface area contributed by atoms with E-state index in [9.17, 15) is 37.1 Å². The topological polar surface area (TPSA) is 95.5 Å². The highest BCUT2D eigenvalue weighted by molar-refractivity contribution is 5.97. The van der Waals surface area contributed by atoms with Gasteiger partial charge in [-0.1, -0.05) is 24.3 Å². The molecule has 2 aliphatic carbocycles. The Morgan fingerprint density at radius 3 is 2.24 bits per heavy atom. The fraction of sp³-hybridized carbons (Fsp3) is 0.421. The van der Waals surface area contributed by atoms with Gasteiger partial charge < -0.3 is 20.0 Å². The molecule has 1 aromatic carbocycles. The Morgan fingerprint density at radius 2 is 1.69 bits per heavy atom. The van der Waals surface area contributed by atoms with Gasteiger partial charge in [0.1, 0.15) is 0 Å². The molecule has 10 heteroatoms. The van der Waals surface area contributed by atoms with Crippen molar-refractivity contribution in [2.45, 2.75) is 18.8 Å². The molecule has 1 fully saturated rings. The minimum atomic E-state index is -4.47. The number of carboxylic acids is 1. The van der Waals surface area contributed by atoms with Crippen LogP contribution in [0.15, 0.2) is 36.4 Å². The smallest absolute Gasteiger partial charge is 0.340 e. The molecular weight excluding hydrogens is 398 g/mol. The van der Waals surface area contributed by atoms with Gasteiger partial charge >= 0.3 is 18.3 Å². The second kappa shape index (κ2) is 7.84. The molecule has 0 saturated heterocycles. The lowest BCUT2D eigenvalue weighted by Crippen LogP contribution is -2.40. The zero-order valence-corrected chi connectivity index (χ0v) is 14.8. The lowest BCUT2D eigenvalue weighted by atomic mass is 9.82. The number of anilines is 1. The third kappa shape index (κ3) is 4.25. The Kier molecular flexibility index (Phi) is 5.63. The molecule has 1 saturated carbocycles. The first-order valence-corrected chi connectivity index (χ1v) is 8.73. The van der Waals surface area contributed by atoms with E-state index in [1.54, 1.807) is 12.2 Å². The first-order chi connectivity index (χ1) is 13.6. The molecule has 0 unspecified atom stereocenters. The van der Waals surface area contributed by atoms with Crippen LogP contribution in [0.2, 0.25) is 0 Å². The Balaban J connectivity index is 1.69. The number of allylic oxidation sites excluding steroid dienone is 2. The lowest BCUT2D eigenvalue weighted by Gasteiger charge is -2.26. The van der Waals surface area contributed by atoms with Crippen LogP contribution in [0.4, 0.5) is 23.2 Å². The molecule has 0 spiro atoms. The van der Waals surface area contributed by atoms with E-state index in [2.05, 4.69) is 10.1 Å². The van der Waals surface area contributed by atoms with E-state index in [1.165, 1.54) is 24.3 Å². The second-order valence-corrected chi connectivity index (χ2v) is 7.02. The summed E-state index contributed by atoms with van der Waals surface area (Å²) < 4.78 is 55.0. The van der Waals surface area contributed by atoms with Crippen LogP contribution in [0.1, 0.15) is 16.8 Å². The second-order valence-electron chi connectivity index (χ2n) is 7.02. The highest BCUT2D eigenvalue weighted by Gasteiger charge is 2.53. The molecule has 2 aliphatic rings. The summed E-state index contributed by atoms with van der Waals surface area (Å²) in [6.45, 7) is -1.76. The van der Waals surface area contributed by atoms with Gasteiger partial charge in [-0.25, -0.2) is 8.78 Å². The Morgan fingerprint density at radius 1 is 1.10 bits per heavy atom. The van der Waals surface area contributed by atoms with E-state index in [4.69, 9.17) is 0 Å². The molecule has 0 heterocycles. The summed E-state index contributed by atoms with van der Waals surface area (Å²) in [5.74, 6) is -10.3. The van der Waals surface area contributed by atoms with Gasteiger partial charge in [0, 0.05) is 5.69 Å². The maximum Gasteiger partial charge on any atom is 0.340 e. The highest BCUT2D eigenvalue weighted by Crippen LogP contribution is 2.49. The Hall–Kier alpha value is -2.91. The largest absolute Gasteiger partial charge is 0.545 e. The van der Waals surface area contributed by atoms with Crippen LogP contribution in [0.25, 0.3) is 0 Å². The van der Waals surface area contributed by atoms with Crippen molar-refractivity contribution >= 4 is 23.5 Å². The van der Waals surface area contributed by atoms with Crippen molar-refractivity contribution in [3.05, 3.63) is 42.0 Å². The van der Waals surface area contributed by atoms with E-state index < -0.39 is 54.6 Å². The van der Waals surface area contributed by atoms with Crippen molar-refractivity contribution in [1.29, 1.82) is 0 Å². The fourth-order valence-corrected chi connectivity index (χ4v) is 3.74. The number of ether oxygens (including phenoxy) is 1. The minimum Gasteiger partial charge on any atom is -0.545 e. The van der Waals surface area contributed by atoms with E-state index in [1.807, 2.05) is 0 Å². The highest BCUT2D eigenvalue weighted by atomic mass is 19.3. The fourth-order valence-electron chi connectivity index (χ4n) is 3.74. The summed E-state index contributed by atoms with van der Waals surface area (Å²) in [6.07, 6.45) is -0.114. The van der Waals surface area contributed by atoms with Gasteiger partial charge in [0.25, 0.3) is 0 Å². The number of benzene rings is 1. The van der Waals surface area contributed by atoms with Crippen molar-refractivity contribution < 1.29 is 41.8 Å². The third-order valence-electron chi connectivity index (χ3n) is 5.15. The summed E-state index contributed by atoms with van der Waals surface area (Å²) in [5.41, 5.74) is 0.176. The van der Waals surface area contributed by atoms with Gasteiger partial charge in [0.2, 0.25) is 5.91 Å². The maximum absolute atomic E-state index is 13.0. The monoisotopic (exact) mass is 414 g/mol. The molecule has 0 aliphatic heterocycles.